The molecule has 0 amide bonds. The molecule has 0 saturated heterocycles. The zero-order chi connectivity index (χ0) is 16.7. The average molecular weight is 322 g/mol. The van der Waals surface area contributed by atoms with Crippen LogP contribution in [-0.4, -0.2) is 31.2 Å². The molecule has 1 aromatic rings. The summed E-state index contributed by atoms with van der Waals surface area (Å²) in [6.45, 7) is 7.23. The van der Waals surface area contributed by atoms with Crippen LogP contribution in [0.25, 0.3) is 0 Å². The van der Waals surface area contributed by atoms with Crippen molar-refractivity contribution in [3.05, 3.63) is 41.0 Å². The first-order valence-electron chi connectivity index (χ1n) is 7.26. The number of benzene rings is 1. The van der Waals surface area contributed by atoms with Crippen molar-refractivity contribution < 1.29 is 18.3 Å². The highest BCUT2D eigenvalue weighted by Crippen LogP contribution is 2.40. The average Bonchev–Trinajstić information content (AvgIpc) is 2.41. The number of carbonyl (C=O) groups excluding carboxylic acids is 1. The summed E-state index contributed by atoms with van der Waals surface area (Å²) in [5, 5.41) is 9.81. The topological polar surface area (TPSA) is 71.4 Å². The van der Waals surface area contributed by atoms with E-state index in [0.717, 1.165) is 5.56 Å². The molecular weight excluding hydrogens is 300 g/mol. The number of aliphatic hydroxyl groups is 1. The smallest absolute Gasteiger partial charge is 0.187 e. The Morgan fingerprint density at radius 1 is 1.18 bits per heavy atom. The predicted molar refractivity (Wildman–Crippen MR) is 85.3 cm³/mol. The number of rotatable bonds is 3. The second-order valence-corrected chi connectivity index (χ2v) is 8.63. The number of hydrogen-bond donors (Lipinski definition) is 1. The minimum Gasteiger partial charge on any atom is -0.385 e. The Bertz CT molecular complexity index is 724. The molecule has 0 aromatic heterocycles. The zero-order valence-electron chi connectivity index (χ0n) is 13.4. The molecule has 0 fully saturated rings. The Hall–Kier alpha value is -1.46. The molecule has 1 N–H and O–H groups in total. The van der Waals surface area contributed by atoms with E-state index in [4.69, 9.17) is 0 Å². The lowest BCUT2D eigenvalue weighted by molar-refractivity contribution is -0.125. The number of carbonyl (C=O) groups is 1. The van der Waals surface area contributed by atoms with E-state index in [1.165, 1.54) is 0 Å². The van der Waals surface area contributed by atoms with Gasteiger partial charge in [0.15, 0.2) is 15.6 Å². The maximum absolute atomic E-state index is 12.6. The summed E-state index contributed by atoms with van der Waals surface area (Å²) in [6.07, 6.45) is -0.789. The quantitative estimate of drug-likeness (QED) is 0.928. The fourth-order valence-electron chi connectivity index (χ4n) is 2.93. The van der Waals surface area contributed by atoms with E-state index >= 15 is 0 Å². The molecule has 0 heterocycles. The van der Waals surface area contributed by atoms with Gasteiger partial charge in [0, 0.05) is 0 Å². The van der Waals surface area contributed by atoms with E-state index < -0.39 is 21.4 Å². The lowest BCUT2D eigenvalue weighted by Crippen LogP contribution is -2.38. The minimum atomic E-state index is -3.51. The van der Waals surface area contributed by atoms with Crippen molar-refractivity contribution in [1.82, 2.24) is 0 Å². The van der Waals surface area contributed by atoms with E-state index in [2.05, 4.69) is 0 Å². The third-order valence-electron chi connectivity index (χ3n) is 4.36. The predicted octanol–water partition coefficient (Wildman–Crippen LogP) is 2.45. The molecule has 1 unspecified atom stereocenters. The van der Waals surface area contributed by atoms with Gasteiger partial charge in [0.2, 0.25) is 0 Å². The van der Waals surface area contributed by atoms with Crippen LogP contribution < -0.4 is 0 Å². The fourth-order valence-corrected chi connectivity index (χ4v) is 4.63. The van der Waals surface area contributed by atoms with Gasteiger partial charge in [-0.05, 0) is 49.0 Å². The van der Waals surface area contributed by atoms with Gasteiger partial charge in [-0.15, -0.1) is 0 Å². The van der Waals surface area contributed by atoms with Crippen molar-refractivity contribution in [2.75, 3.05) is 5.75 Å². The van der Waals surface area contributed by atoms with Crippen LogP contribution in [0.1, 0.15) is 32.8 Å². The molecule has 0 saturated carbocycles. The van der Waals surface area contributed by atoms with E-state index in [9.17, 15) is 18.3 Å². The molecule has 0 bridgehead atoms. The minimum absolute atomic E-state index is 0.187. The van der Waals surface area contributed by atoms with Crippen LogP contribution in [0.15, 0.2) is 40.3 Å². The normalized spacial score (nSPS) is 22.0. The standard InChI is InChI=1S/C17H22O4S/c1-11-5-7-13(8-6-11)22(20,21)10-14-12(2)16(19)15(18)9-17(14,3)4/h5-8,15,18H,9-10H2,1-4H3. The van der Waals surface area contributed by atoms with Gasteiger partial charge >= 0.3 is 0 Å². The second-order valence-electron chi connectivity index (χ2n) is 6.64. The highest BCUT2D eigenvalue weighted by Gasteiger charge is 2.39. The fraction of sp³-hybridized carbons (Fsp3) is 0.471. The molecule has 0 aliphatic heterocycles. The summed E-state index contributed by atoms with van der Waals surface area (Å²) in [6, 6.07) is 6.70. The van der Waals surface area contributed by atoms with Crippen LogP contribution >= 0.6 is 0 Å². The van der Waals surface area contributed by atoms with Gasteiger partial charge in [0.05, 0.1) is 10.6 Å². The molecule has 1 aromatic carbocycles. The lowest BCUT2D eigenvalue weighted by Gasteiger charge is -2.36. The van der Waals surface area contributed by atoms with Crippen LogP contribution in [-0.2, 0) is 14.6 Å². The number of ketones is 1. The summed E-state index contributed by atoms with van der Waals surface area (Å²) in [5.74, 6) is -0.554. The van der Waals surface area contributed by atoms with Gasteiger partial charge in [-0.2, -0.15) is 0 Å². The molecule has 1 atom stereocenters. The second kappa shape index (κ2) is 5.63. The van der Waals surface area contributed by atoms with Gasteiger partial charge in [-0.3, -0.25) is 4.79 Å². The van der Waals surface area contributed by atoms with E-state index in [1.54, 1.807) is 31.2 Å². The van der Waals surface area contributed by atoms with Crippen LogP contribution in [0.4, 0.5) is 0 Å². The van der Waals surface area contributed by atoms with Crippen molar-refractivity contribution in [3.63, 3.8) is 0 Å². The number of sulfone groups is 1. The SMILES string of the molecule is CC1=C(CS(=O)(=O)c2ccc(C)cc2)C(C)(C)CC(O)C1=O. The van der Waals surface area contributed by atoms with Gasteiger partial charge < -0.3 is 5.11 Å². The number of Topliss-reactive ketones (excluding diaryl/α,β-unsaturated/α-hetero) is 1. The third kappa shape index (κ3) is 3.15. The first-order valence-corrected chi connectivity index (χ1v) is 8.92. The largest absolute Gasteiger partial charge is 0.385 e. The zero-order valence-corrected chi connectivity index (χ0v) is 14.2. The Morgan fingerprint density at radius 3 is 2.27 bits per heavy atom. The lowest BCUT2D eigenvalue weighted by atomic mass is 9.72. The molecular formula is C17H22O4S. The van der Waals surface area contributed by atoms with Crippen LogP contribution in [0, 0.1) is 12.3 Å². The molecule has 5 heteroatoms. The summed E-state index contributed by atoms with van der Waals surface area (Å²) in [5.41, 5.74) is 1.45. The number of aliphatic hydroxyl groups excluding tert-OH is 1. The van der Waals surface area contributed by atoms with Crippen LogP contribution in [0.5, 0.6) is 0 Å². The summed E-state index contributed by atoms with van der Waals surface area (Å²) in [7, 11) is -3.51. The van der Waals surface area contributed by atoms with Crippen LogP contribution in [0.2, 0.25) is 0 Å². The first kappa shape index (κ1) is 16.9. The van der Waals surface area contributed by atoms with Crippen molar-refractivity contribution in [2.24, 2.45) is 5.41 Å². The molecule has 0 radical (unpaired) electrons. The summed E-state index contributed by atoms with van der Waals surface area (Å²) >= 11 is 0. The van der Waals surface area contributed by atoms with Gasteiger partial charge in [-0.25, -0.2) is 8.42 Å². The van der Waals surface area contributed by atoms with Crippen molar-refractivity contribution >= 4 is 15.6 Å². The monoisotopic (exact) mass is 322 g/mol. The highest BCUT2D eigenvalue weighted by atomic mass is 32.2. The third-order valence-corrected chi connectivity index (χ3v) is 6.02. The maximum Gasteiger partial charge on any atom is 0.187 e. The Morgan fingerprint density at radius 2 is 1.73 bits per heavy atom. The number of hydrogen-bond acceptors (Lipinski definition) is 4. The molecule has 22 heavy (non-hydrogen) atoms. The van der Waals surface area contributed by atoms with E-state index in [1.807, 2.05) is 20.8 Å². The van der Waals surface area contributed by atoms with Crippen molar-refractivity contribution in [1.29, 1.82) is 0 Å². The summed E-state index contributed by atoms with van der Waals surface area (Å²) in [4.78, 5) is 12.2. The molecule has 120 valence electrons. The Labute approximate surface area is 131 Å². The Kier molecular flexibility index (Phi) is 4.33. The molecule has 1 aliphatic carbocycles. The van der Waals surface area contributed by atoms with Gasteiger partial charge in [0.25, 0.3) is 0 Å². The van der Waals surface area contributed by atoms with Gasteiger partial charge in [0.1, 0.15) is 6.10 Å². The van der Waals surface area contributed by atoms with Gasteiger partial charge in [-0.1, -0.05) is 31.5 Å². The molecule has 1 aliphatic rings. The maximum atomic E-state index is 12.6. The van der Waals surface area contributed by atoms with Crippen LogP contribution in [0.3, 0.4) is 0 Å². The highest BCUT2D eigenvalue weighted by molar-refractivity contribution is 7.91. The molecule has 4 nitrogen and oxygen atoms in total. The molecule has 2 rings (SSSR count). The number of aryl methyl sites for hydroxylation is 1. The van der Waals surface area contributed by atoms with Crippen molar-refractivity contribution in [3.8, 4) is 0 Å². The first-order chi connectivity index (χ1) is 10.0. The summed E-state index contributed by atoms with van der Waals surface area (Å²) < 4.78 is 25.3. The Balaban J connectivity index is 2.43. The molecule has 0 spiro atoms. The van der Waals surface area contributed by atoms with E-state index in [-0.39, 0.29) is 22.9 Å². The van der Waals surface area contributed by atoms with E-state index in [0.29, 0.717) is 11.1 Å². The van der Waals surface area contributed by atoms with Crippen molar-refractivity contribution in [2.45, 2.75) is 45.1 Å².